The molecule has 1 aromatic carbocycles. The van der Waals surface area contributed by atoms with Crippen LogP contribution in [0.1, 0.15) is 24.8 Å². The molecule has 6 N–H and O–H groups in total. The van der Waals surface area contributed by atoms with E-state index in [1.807, 2.05) is 0 Å². The first-order valence-electron chi connectivity index (χ1n) is 7.80. The maximum Gasteiger partial charge on any atom is 0.331 e. The van der Waals surface area contributed by atoms with Crippen molar-refractivity contribution in [3.8, 4) is 11.5 Å². The van der Waals surface area contributed by atoms with Crippen LogP contribution in [0.5, 0.6) is 11.5 Å². The number of carboxylic acid groups (broad SMARTS) is 1. The quantitative estimate of drug-likeness (QED) is 0.233. The molecule has 0 radical (unpaired) electrons. The molecule has 9 heteroatoms. The van der Waals surface area contributed by atoms with Crippen molar-refractivity contribution >= 4 is 18.0 Å². The molecule has 2 rings (SSSR count). The average molecular weight is 368 g/mol. The molecule has 1 fully saturated rings. The number of hydrogen-bond donors (Lipinski definition) is 6. The van der Waals surface area contributed by atoms with Crippen LogP contribution >= 0.6 is 0 Å². The van der Waals surface area contributed by atoms with Crippen LogP contribution in [-0.2, 0) is 14.3 Å². The zero-order valence-corrected chi connectivity index (χ0v) is 13.6. The van der Waals surface area contributed by atoms with E-state index in [2.05, 4.69) is 0 Å². The molecule has 1 aliphatic rings. The van der Waals surface area contributed by atoms with Gasteiger partial charge in [-0.25, -0.2) is 4.79 Å². The second-order valence-corrected chi connectivity index (χ2v) is 6.32. The van der Waals surface area contributed by atoms with Crippen LogP contribution in [-0.4, -0.2) is 66.5 Å². The first kappa shape index (κ1) is 19.7. The summed E-state index contributed by atoms with van der Waals surface area (Å²) in [5.41, 5.74) is -1.41. The van der Waals surface area contributed by atoms with Crippen molar-refractivity contribution in [2.75, 3.05) is 0 Å². The van der Waals surface area contributed by atoms with Gasteiger partial charge in [-0.05, 0) is 23.8 Å². The van der Waals surface area contributed by atoms with Gasteiger partial charge < -0.3 is 35.4 Å². The number of esters is 1. The molecular weight excluding hydrogens is 348 g/mol. The Hall–Kier alpha value is -2.62. The van der Waals surface area contributed by atoms with E-state index in [1.165, 1.54) is 24.3 Å². The second-order valence-electron chi connectivity index (χ2n) is 6.32. The van der Waals surface area contributed by atoms with Crippen LogP contribution in [0.25, 0.3) is 6.08 Å². The molecule has 1 aromatic rings. The minimum absolute atomic E-state index is 0.318. The van der Waals surface area contributed by atoms with Crippen molar-refractivity contribution in [1.82, 2.24) is 0 Å². The summed E-state index contributed by atoms with van der Waals surface area (Å²) < 4.78 is 5.03. The summed E-state index contributed by atoms with van der Waals surface area (Å²) in [5.74, 6) is -2.87. The fraction of sp³-hybridized carbons (Fsp3) is 0.412. The predicted molar refractivity (Wildman–Crippen MR) is 87.1 cm³/mol. The van der Waals surface area contributed by atoms with Crippen LogP contribution < -0.4 is 0 Å². The predicted octanol–water partition coefficient (Wildman–Crippen LogP) is -0.256. The maximum absolute atomic E-state index is 11.9. The first-order chi connectivity index (χ1) is 12.1. The number of aromatic hydroxyl groups is 2. The zero-order valence-electron chi connectivity index (χ0n) is 13.6. The normalized spacial score (nSPS) is 28.8. The summed E-state index contributed by atoms with van der Waals surface area (Å²) in [6.45, 7) is 0. The average Bonchev–Trinajstić information content (AvgIpc) is 2.52. The van der Waals surface area contributed by atoms with Gasteiger partial charge in [-0.3, -0.25) is 4.79 Å². The smallest absolute Gasteiger partial charge is 0.331 e. The van der Waals surface area contributed by atoms with E-state index >= 15 is 0 Å². The number of aliphatic hydroxyl groups excluding tert-OH is 2. The number of ether oxygens (including phenoxy) is 1. The summed E-state index contributed by atoms with van der Waals surface area (Å²) in [6, 6.07) is 3.88. The molecule has 0 spiro atoms. The fourth-order valence-corrected chi connectivity index (χ4v) is 2.87. The zero-order chi connectivity index (χ0) is 19.5. The Morgan fingerprint density at radius 1 is 1.19 bits per heavy atom. The van der Waals surface area contributed by atoms with Gasteiger partial charge in [0.1, 0.15) is 12.2 Å². The molecule has 142 valence electrons. The van der Waals surface area contributed by atoms with Crippen molar-refractivity contribution in [2.45, 2.75) is 43.2 Å². The fourth-order valence-electron chi connectivity index (χ4n) is 2.87. The summed E-state index contributed by atoms with van der Waals surface area (Å²) >= 11 is 0. The highest BCUT2D eigenvalue weighted by atomic mass is 16.6. The molecule has 4 atom stereocenters. The van der Waals surface area contributed by atoms with E-state index in [-0.39, 0.29) is 24.3 Å². The Balaban J connectivity index is 2.04. The number of carboxylic acids is 1. The molecule has 0 saturated heterocycles. The van der Waals surface area contributed by atoms with Crippen molar-refractivity contribution < 1.29 is 45.0 Å². The van der Waals surface area contributed by atoms with Crippen molar-refractivity contribution in [3.05, 3.63) is 29.8 Å². The molecule has 0 aliphatic heterocycles. The summed E-state index contributed by atoms with van der Waals surface area (Å²) in [7, 11) is 0. The van der Waals surface area contributed by atoms with E-state index in [4.69, 9.17) is 9.84 Å². The number of aliphatic carboxylic acids is 1. The van der Waals surface area contributed by atoms with Gasteiger partial charge in [0.25, 0.3) is 0 Å². The number of carbonyl (C=O) groups is 2. The minimum atomic E-state index is -1.80. The number of aliphatic hydroxyl groups is 3. The molecule has 1 saturated carbocycles. The largest absolute Gasteiger partial charge is 0.504 e. The van der Waals surface area contributed by atoms with Gasteiger partial charge in [0, 0.05) is 18.9 Å². The van der Waals surface area contributed by atoms with Gasteiger partial charge in [0.2, 0.25) is 0 Å². The summed E-state index contributed by atoms with van der Waals surface area (Å²) in [6.07, 6.45) is -3.25. The van der Waals surface area contributed by atoms with Crippen molar-refractivity contribution in [3.63, 3.8) is 0 Å². The SMILES string of the molecule is O=C(O)CC1(O)CC(O)C(O)C(OC(=O)/C=C/c2ccc(O)c(O)c2)C1. The lowest BCUT2D eigenvalue weighted by molar-refractivity contribution is -0.185. The van der Waals surface area contributed by atoms with Gasteiger partial charge in [-0.2, -0.15) is 0 Å². The molecule has 9 nitrogen and oxygen atoms in total. The summed E-state index contributed by atoms with van der Waals surface area (Å²) in [4.78, 5) is 22.7. The molecule has 4 unspecified atom stereocenters. The number of phenolic OH excluding ortho intramolecular Hbond substituents is 2. The van der Waals surface area contributed by atoms with Crippen LogP contribution in [0.3, 0.4) is 0 Å². The van der Waals surface area contributed by atoms with Crippen LogP contribution in [0.15, 0.2) is 24.3 Å². The summed E-state index contributed by atoms with van der Waals surface area (Å²) in [5, 5.41) is 57.5. The van der Waals surface area contributed by atoms with Crippen LogP contribution in [0.2, 0.25) is 0 Å². The van der Waals surface area contributed by atoms with Crippen LogP contribution in [0.4, 0.5) is 0 Å². The van der Waals surface area contributed by atoms with E-state index in [1.54, 1.807) is 0 Å². The standard InChI is InChI=1S/C17H20O9/c18-10-3-1-9(5-11(10)19)2-4-15(23)26-13-7-17(25,8-14(21)22)6-12(20)16(13)24/h1-5,12-13,16,18-20,24-25H,6-8H2,(H,21,22)/b4-2+. The molecule has 1 aliphatic carbocycles. The van der Waals surface area contributed by atoms with E-state index in [0.29, 0.717) is 5.56 Å². The Morgan fingerprint density at radius 3 is 2.50 bits per heavy atom. The number of phenols is 2. The minimum Gasteiger partial charge on any atom is -0.504 e. The van der Waals surface area contributed by atoms with E-state index < -0.39 is 42.3 Å². The lowest BCUT2D eigenvalue weighted by Crippen LogP contribution is -2.54. The Morgan fingerprint density at radius 2 is 1.88 bits per heavy atom. The number of carbonyl (C=O) groups excluding carboxylic acids is 1. The molecule has 0 heterocycles. The van der Waals surface area contributed by atoms with Gasteiger partial charge in [0.15, 0.2) is 11.5 Å². The van der Waals surface area contributed by atoms with Gasteiger partial charge in [-0.1, -0.05) is 6.07 Å². The molecule has 0 aromatic heterocycles. The Kier molecular flexibility index (Phi) is 5.86. The Labute approximate surface area is 148 Å². The topological polar surface area (TPSA) is 165 Å². The van der Waals surface area contributed by atoms with Gasteiger partial charge in [-0.15, -0.1) is 0 Å². The molecule has 0 bridgehead atoms. The maximum atomic E-state index is 11.9. The third kappa shape index (κ3) is 4.94. The molecule has 26 heavy (non-hydrogen) atoms. The lowest BCUT2D eigenvalue weighted by atomic mass is 9.77. The number of benzene rings is 1. The molecular formula is C17H20O9. The third-order valence-electron chi connectivity index (χ3n) is 4.10. The number of hydrogen-bond acceptors (Lipinski definition) is 8. The third-order valence-corrected chi connectivity index (χ3v) is 4.10. The van der Waals surface area contributed by atoms with E-state index in [0.717, 1.165) is 6.08 Å². The van der Waals surface area contributed by atoms with Crippen molar-refractivity contribution in [2.24, 2.45) is 0 Å². The lowest BCUT2D eigenvalue weighted by Gasteiger charge is -2.40. The van der Waals surface area contributed by atoms with Gasteiger partial charge >= 0.3 is 11.9 Å². The first-order valence-corrected chi connectivity index (χ1v) is 7.80. The highest BCUT2D eigenvalue weighted by Crippen LogP contribution is 2.33. The second kappa shape index (κ2) is 7.73. The van der Waals surface area contributed by atoms with Gasteiger partial charge in [0.05, 0.1) is 18.1 Å². The Bertz CT molecular complexity index is 714. The number of rotatable bonds is 5. The monoisotopic (exact) mass is 368 g/mol. The highest BCUT2D eigenvalue weighted by Gasteiger charge is 2.46. The van der Waals surface area contributed by atoms with Crippen molar-refractivity contribution in [1.29, 1.82) is 0 Å². The molecule has 0 amide bonds. The van der Waals surface area contributed by atoms with E-state index in [9.17, 15) is 35.1 Å². The highest BCUT2D eigenvalue weighted by molar-refractivity contribution is 5.87. The van der Waals surface area contributed by atoms with Crippen LogP contribution in [0, 0.1) is 0 Å².